The average Bonchev–Trinajstić information content (AvgIpc) is 3.17. The molecule has 0 unspecified atom stereocenters. The monoisotopic (exact) mass is 473 g/mol. The summed E-state index contributed by atoms with van der Waals surface area (Å²) in [7, 11) is 5.34. The van der Waals surface area contributed by atoms with Gasteiger partial charge >= 0.3 is 6.03 Å². The second-order valence-corrected chi connectivity index (χ2v) is 8.66. The zero-order valence-corrected chi connectivity index (χ0v) is 19.5. The van der Waals surface area contributed by atoms with E-state index in [1.165, 1.54) is 4.90 Å². The van der Waals surface area contributed by atoms with Crippen molar-refractivity contribution in [2.45, 2.75) is 18.6 Å². The van der Waals surface area contributed by atoms with Gasteiger partial charge < -0.3 is 30.4 Å². The molecule has 2 atom stereocenters. The van der Waals surface area contributed by atoms with E-state index >= 15 is 0 Å². The van der Waals surface area contributed by atoms with Crippen LogP contribution in [-0.4, -0.2) is 79.1 Å². The molecule has 1 saturated heterocycles. The van der Waals surface area contributed by atoms with Crippen LogP contribution in [0, 0.1) is 0 Å². The molecule has 9 nitrogen and oxygen atoms in total. The number of nitrogens with one attached hydrogen (secondary N) is 2. The third-order valence-electron chi connectivity index (χ3n) is 5.29. The maximum Gasteiger partial charge on any atom is 0.322 e. The van der Waals surface area contributed by atoms with Crippen molar-refractivity contribution in [3.63, 3.8) is 0 Å². The zero-order chi connectivity index (χ0) is 24.1. The Labute approximate surface area is 197 Å². The van der Waals surface area contributed by atoms with Gasteiger partial charge in [-0.1, -0.05) is 11.6 Å². The number of carbonyl (C=O) groups is 3. The van der Waals surface area contributed by atoms with Crippen LogP contribution in [0.2, 0.25) is 5.02 Å². The summed E-state index contributed by atoms with van der Waals surface area (Å²) in [6.07, 6.45) is -0.657. The number of aliphatic hydroxyl groups is 1. The Bertz CT molecular complexity index is 997. The first-order chi connectivity index (χ1) is 15.6. The zero-order valence-electron chi connectivity index (χ0n) is 18.8. The van der Waals surface area contributed by atoms with Gasteiger partial charge in [0.2, 0.25) is 11.8 Å². The quantitative estimate of drug-likeness (QED) is 0.597. The molecular formula is C23H28ClN5O4. The molecule has 176 valence electrons. The van der Waals surface area contributed by atoms with Crippen molar-refractivity contribution in [3.05, 3.63) is 53.6 Å². The van der Waals surface area contributed by atoms with Gasteiger partial charge in [0.05, 0.1) is 12.6 Å². The molecule has 4 amide bonds. The summed E-state index contributed by atoms with van der Waals surface area (Å²) in [6.45, 7) is 0.335. The number of β-amino-alcohol motifs (C(OH)–C–C–N with tert-alkyl or cyclic N) is 1. The van der Waals surface area contributed by atoms with E-state index in [2.05, 4.69) is 10.6 Å². The maximum atomic E-state index is 12.9. The number of hydrogen-bond donors (Lipinski definition) is 3. The second-order valence-electron chi connectivity index (χ2n) is 8.22. The number of carbonyl (C=O) groups excluding carboxylic acids is 3. The summed E-state index contributed by atoms with van der Waals surface area (Å²) in [5.74, 6) is -0.457. The first-order valence-corrected chi connectivity index (χ1v) is 10.9. The molecule has 1 fully saturated rings. The summed E-state index contributed by atoms with van der Waals surface area (Å²) in [5.41, 5.74) is 1.75. The molecule has 33 heavy (non-hydrogen) atoms. The Morgan fingerprint density at radius 2 is 1.58 bits per heavy atom. The van der Waals surface area contributed by atoms with Gasteiger partial charge in [-0.2, -0.15) is 0 Å². The number of halogens is 1. The first-order valence-electron chi connectivity index (χ1n) is 10.5. The molecule has 0 aromatic heterocycles. The number of nitrogens with zero attached hydrogens (tertiary/aromatic N) is 3. The van der Waals surface area contributed by atoms with Crippen molar-refractivity contribution in [1.29, 1.82) is 0 Å². The molecule has 2 aromatic carbocycles. The fraction of sp³-hybridized carbons (Fsp3) is 0.348. The molecular weight excluding hydrogens is 446 g/mol. The smallest absolute Gasteiger partial charge is 0.322 e. The molecule has 1 aliphatic heterocycles. The molecule has 3 N–H and O–H groups in total. The van der Waals surface area contributed by atoms with Crippen LogP contribution in [0.4, 0.5) is 21.9 Å². The van der Waals surface area contributed by atoms with Crippen LogP contribution in [-0.2, 0) is 9.59 Å². The summed E-state index contributed by atoms with van der Waals surface area (Å²) in [6, 6.07) is 12.2. The summed E-state index contributed by atoms with van der Waals surface area (Å²) >= 11 is 5.87. The van der Waals surface area contributed by atoms with Crippen molar-refractivity contribution in [2.24, 2.45) is 0 Å². The van der Waals surface area contributed by atoms with Crippen LogP contribution in [0.25, 0.3) is 0 Å². The van der Waals surface area contributed by atoms with Crippen LogP contribution in [0.5, 0.6) is 0 Å². The predicted molar refractivity (Wildman–Crippen MR) is 129 cm³/mol. The molecule has 0 aliphatic carbocycles. The number of aliphatic hydroxyl groups excluding tert-OH is 1. The van der Waals surface area contributed by atoms with Crippen LogP contribution in [0.15, 0.2) is 48.5 Å². The Morgan fingerprint density at radius 1 is 1.00 bits per heavy atom. The highest BCUT2D eigenvalue weighted by atomic mass is 35.5. The topological polar surface area (TPSA) is 105 Å². The highest BCUT2D eigenvalue weighted by molar-refractivity contribution is 6.30. The normalized spacial score (nSPS) is 17.7. The SMILES string of the molecule is CN(C)CC(=O)N(C)c1ccc(NC(=O)[C@H]2C[C@@H](O)CN2C(=O)Nc2ccc(Cl)cc2)cc1. The van der Waals surface area contributed by atoms with Gasteiger partial charge in [-0.3, -0.25) is 9.59 Å². The highest BCUT2D eigenvalue weighted by Gasteiger charge is 2.39. The van der Waals surface area contributed by atoms with E-state index in [0.29, 0.717) is 22.1 Å². The fourth-order valence-corrected chi connectivity index (χ4v) is 3.66. The number of amides is 4. The van der Waals surface area contributed by atoms with Crippen molar-refractivity contribution in [3.8, 4) is 0 Å². The van der Waals surface area contributed by atoms with Crippen molar-refractivity contribution < 1.29 is 19.5 Å². The van der Waals surface area contributed by atoms with Crippen molar-refractivity contribution in [1.82, 2.24) is 9.80 Å². The van der Waals surface area contributed by atoms with Gasteiger partial charge in [-0.15, -0.1) is 0 Å². The van der Waals surface area contributed by atoms with Gasteiger partial charge in [0.1, 0.15) is 6.04 Å². The minimum absolute atomic E-state index is 0.0508. The Morgan fingerprint density at radius 3 is 2.18 bits per heavy atom. The molecule has 10 heteroatoms. The number of hydrogen-bond acceptors (Lipinski definition) is 5. The minimum atomic E-state index is -0.823. The van der Waals surface area contributed by atoms with E-state index in [-0.39, 0.29) is 25.4 Å². The van der Waals surface area contributed by atoms with E-state index in [9.17, 15) is 19.5 Å². The summed E-state index contributed by atoms with van der Waals surface area (Å²) in [5, 5.41) is 16.1. The van der Waals surface area contributed by atoms with Crippen molar-refractivity contribution in [2.75, 3.05) is 49.8 Å². The maximum absolute atomic E-state index is 12.9. The molecule has 2 aromatic rings. The Hall–Kier alpha value is -3.14. The van der Waals surface area contributed by atoms with Crippen molar-refractivity contribution >= 4 is 46.5 Å². The van der Waals surface area contributed by atoms with E-state index in [0.717, 1.165) is 0 Å². The second kappa shape index (κ2) is 10.7. The lowest BCUT2D eigenvalue weighted by atomic mass is 10.1. The predicted octanol–water partition coefficient (Wildman–Crippen LogP) is 2.47. The number of likely N-dealkylation sites (N-methyl/N-ethyl adjacent to an activating group) is 2. The molecule has 1 aliphatic rings. The Kier molecular flexibility index (Phi) is 7.91. The van der Waals surface area contributed by atoms with Gasteiger partial charge in [0.25, 0.3) is 0 Å². The number of benzene rings is 2. The van der Waals surface area contributed by atoms with E-state index in [1.54, 1.807) is 65.4 Å². The molecule has 0 saturated carbocycles. The van der Waals surface area contributed by atoms with Gasteiger partial charge in [0, 0.05) is 42.1 Å². The van der Waals surface area contributed by atoms with Gasteiger partial charge in [-0.25, -0.2) is 4.79 Å². The van der Waals surface area contributed by atoms with Crippen LogP contribution >= 0.6 is 11.6 Å². The number of likely N-dealkylation sites (tertiary alicyclic amines) is 1. The molecule has 1 heterocycles. The standard InChI is InChI=1S/C23H28ClN5O4/c1-27(2)14-21(31)28(3)18-10-8-16(9-11-18)25-22(32)20-12-19(30)13-29(20)23(33)26-17-6-4-15(24)5-7-17/h4-11,19-20,30H,12-14H2,1-3H3,(H,25,32)(H,26,33)/t19-,20-/m1/s1. The third-order valence-corrected chi connectivity index (χ3v) is 5.54. The Balaban J connectivity index is 1.63. The lowest BCUT2D eigenvalue weighted by Crippen LogP contribution is -2.45. The number of rotatable bonds is 6. The largest absolute Gasteiger partial charge is 0.391 e. The van der Waals surface area contributed by atoms with Crippen LogP contribution < -0.4 is 15.5 Å². The summed E-state index contributed by atoms with van der Waals surface area (Å²) < 4.78 is 0. The van der Waals surface area contributed by atoms with E-state index < -0.39 is 24.1 Å². The minimum Gasteiger partial charge on any atom is -0.391 e. The van der Waals surface area contributed by atoms with E-state index in [4.69, 9.17) is 11.6 Å². The molecule has 0 radical (unpaired) electrons. The lowest BCUT2D eigenvalue weighted by Gasteiger charge is -2.24. The molecule has 3 rings (SSSR count). The van der Waals surface area contributed by atoms with Gasteiger partial charge in [0.15, 0.2) is 0 Å². The lowest BCUT2D eigenvalue weighted by molar-refractivity contribution is -0.120. The number of urea groups is 1. The average molecular weight is 474 g/mol. The fourth-order valence-electron chi connectivity index (χ4n) is 3.53. The van der Waals surface area contributed by atoms with Crippen LogP contribution in [0.1, 0.15) is 6.42 Å². The van der Waals surface area contributed by atoms with Gasteiger partial charge in [-0.05, 0) is 62.6 Å². The molecule has 0 spiro atoms. The number of anilines is 3. The molecule has 0 bridgehead atoms. The van der Waals surface area contributed by atoms with E-state index in [1.807, 2.05) is 14.1 Å². The summed E-state index contributed by atoms with van der Waals surface area (Å²) in [4.78, 5) is 42.5. The van der Waals surface area contributed by atoms with Crippen LogP contribution in [0.3, 0.4) is 0 Å². The highest BCUT2D eigenvalue weighted by Crippen LogP contribution is 2.23. The third kappa shape index (κ3) is 6.44. The first kappa shape index (κ1) is 24.5.